The number of benzene rings is 1. The second kappa shape index (κ2) is 6.03. The molecule has 0 saturated heterocycles. The molecule has 110 valence electrons. The molecular weight excluding hydrogens is 273 g/mol. The molecule has 0 radical (unpaired) electrons. The Labute approximate surface area is 125 Å². The molecule has 1 nitrogen and oxygen atoms in total. The van der Waals surface area contributed by atoms with E-state index < -0.39 is 0 Å². The third-order valence-corrected chi connectivity index (χ3v) is 5.63. The standard InChI is InChI=1S/C17H23ClFN/c1-2-20-16(14-4-3-5-15(19)17(14)18)10-13-9-11-6-7-12(13)8-11/h3-5,11-13,16,20H,2,6-10H2,1H3. The molecule has 20 heavy (non-hydrogen) atoms. The smallest absolute Gasteiger partial charge is 0.142 e. The molecule has 2 fully saturated rings. The fourth-order valence-corrected chi connectivity index (χ4v) is 4.58. The van der Waals surface area contributed by atoms with E-state index >= 15 is 0 Å². The van der Waals surface area contributed by atoms with Gasteiger partial charge in [0.25, 0.3) is 0 Å². The second-order valence-corrected chi connectivity index (χ2v) is 6.80. The number of halogens is 2. The molecule has 2 bridgehead atoms. The minimum atomic E-state index is -0.306. The summed E-state index contributed by atoms with van der Waals surface area (Å²) in [7, 11) is 0. The Hall–Kier alpha value is -0.600. The van der Waals surface area contributed by atoms with Crippen LogP contribution in [0.3, 0.4) is 0 Å². The molecule has 3 rings (SSSR count). The number of fused-ring (bicyclic) bond motifs is 2. The summed E-state index contributed by atoms with van der Waals surface area (Å²) in [6.45, 7) is 2.99. The molecule has 1 aromatic rings. The number of rotatable bonds is 5. The van der Waals surface area contributed by atoms with Gasteiger partial charge in [0.05, 0.1) is 5.02 Å². The topological polar surface area (TPSA) is 12.0 Å². The average Bonchev–Trinajstić information content (AvgIpc) is 3.04. The maximum absolute atomic E-state index is 13.7. The van der Waals surface area contributed by atoms with Gasteiger partial charge in [-0.1, -0.05) is 37.1 Å². The van der Waals surface area contributed by atoms with Gasteiger partial charge in [0, 0.05) is 6.04 Å². The minimum absolute atomic E-state index is 0.188. The van der Waals surface area contributed by atoms with Gasteiger partial charge >= 0.3 is 0 Å². The summed E-state index contributed by atoms with van der Waals surface area (Å²) in [6.07, 6.45) is 6.69. The number of hydrogen-bond acceptors (Lipinski definition) is 1. The van der Waals surface area contributed by atoms with Crippen molar-refractivity contribution in [2.24, 2.45) is 17.8 Å². The van der Waals surface area contributed by atoms with Crippen LogP contribution in [0.25, 0.3) is 0 Å². The molecule has 0 heterocycles. The van der Waals surface area contributed by atoms with Crippen LogP contribution < -0.4 is 5.32 Å². The fourth-order valence-electron chi connectivity index (χ4n) is 4.32. The summed E-state index contributed by atoms with van der Waals surface area (Å²) < 4.78 is 13.7. The van der Waals surface area contributed by atoms with Gasteiger partial charge < -0.3 is 5.32 Å². The van der Waals surface area contributed by atoms with Gasteiger partial charge in [-0.3, -0.25) is 0 Å². The van der Waals surface area contributed by atoms with Crippen molar-refractivity contribution in [3.63, 3.8) is 0 Å². The summed E-state index contributed by atoms with van der Waals surface area (Å²) >= 11 is 6.17. The van der Waals surface area contributed by atoms with Gasteiger partial charge in [0.2, 0.25) is 0 Å². The maximum atomic E-state index is 13.7. The van der Waals surface area contributed by atoms with Crippen LogP contribution in [0.2, 0.25) is 5.02 Å². The largest absolute Gasteiger partial charge is 0.310 e. The average molecular weight is 296 g/mol. The summed E-state index contributed by atoms with van der Waals surface area (Å²) in [5.74, 6) is 2.33. The molecule has 2 aliphatic rings. The predicted molar refractivity (Wildman–Crippen MR) is 81.4 cm³/mol. The van der Waals surface area contributed by atoms with E-state index in [-0.39, 0.29) is 11.9 Å². The van der Waals surface area contributed by atoms with Gasteiger partial charge in [-0.15, -0.1) is 0 Å². The van der Waals surface area contributed by atoms with E-state index in [4.69, 9.17) is 11.6 Å². The van der Waals surface area contributed by atoms with Crippen molar-refractivity contribution in [3.8, 4) is 0 Å². The van der Waals surface area contributed by atoms with Crippen molar-refractivity contribution in [2.45, 2.75) is 45.1 Å². The third kappa shape index (κ3) is 2.73. The zero-order valence-corrected chi connectivity index (χ0v) is 12.8. The number of hydrogen-bond donors (Lipinski definition) is 1. The van der Waals surface area contributed by atoms with E-state index in [1.807, 2.05) is 6.07 Å². The van der Waals surface area contributed by atoms with E-state index in [0.29, 0.717) is 5.02 Å². The van der Waals surface area contributed by atoms with Crippen LogP contribution in [0.5, 0.6) is 0 Å². The first-order valence-electron chi connectivity index (χ1n) is 7.86. The van der Waals surface area contributed by atoms with Crippen molar-refractivity contribution in [1.82, 2.24) is 5.32 Å². The van der Waals surface area contributed by atoms with Gasteiger partial charge in [0.15, 0.2) is 0 Å². The molecule has 0 amide bonds. The van der Waals surface area contributed by atoms with E-state index in [9.17, 15) is 4.39 Å². The lowest BCUT2D eigenvalue weighted by Gasteiger charge is -2.28. The SMILES string of the molecule is CCNC(CC1CC2CCC1C2)c1cccc(F)c1Cl. The van der Waals surface area contributed by atoms with Crippen LogP contribution in [-0.4, -0.2) is 6.54 Å². The first kappa shape index (κ1) is 14.3. The van der Waals surface area contributed by atoms with Crippen LogP contribution in [0, 0.1) is 23.6 Å². The third-order valence-electron chi connectivity index (χ3n) is 5.23. The van der Waals surface area contributed by atoms with E-state index in [2.05, 4.69) is 12.2 Å². The molecule has 1 N–H and O–H groups in total. The molecule has 3 heteroatoms. The molecule has 0 aromatic heterocycles. The highest BCUT2D eigenvalue weighted by atomic mass is 35.5. The molecule has 0 aliphatic heterocycles. The molecule has 1 aromatic carbocycles. The van der Waals surface area contributed by atoms with Crippen LogP contribution in [0.1, 0.15) is 50.6 Å². The van der Waals surface area contributed by atoms with Crippen LogP contribution in [-0.2, 0) is 0 Å². The summed E-state index contributed by atoms with van der Waals surface area (Å²) in [5.41, 5.74) is 0.927. The summed E-state index contributed by atoms with van der Waals surface area (Å²) in [5, 5.41) is 3.80. The summed E-state index contributed by atoms with van der Waals surface area (Å²) in [6, 6.07) is 5.35. The Morgan fingerprint density at radius 1 is 1.35 bits per heavy atom. The van der Waals surface area contributed by atoms with Gasteiger partial charge in [-0.25, -0.2) is 4.39 Å². The van der Waals surface area contributed by atoms with Crippen molar-refractivity contribution in [2.75, 3.05) is 6.54 Å². The van der Waals surface area contributed by atoms with E-state index in [1.54, 1.807) is 6.07 Å². The molecule has 2 aliphatic carbocycles. The van der Waals surface area contributed by atoms with Crippen LogP contribution >= 0.6 is 11.6 Å². The van der Waals surface area contributed by atoms with Gasteiger partial charge in [-0.2, -0.15) is 0 Å². The van der Waals surface area contributed by atoms with E-state index in [1.165, 1.54) is 31.7 Å². The highest BCUT2D eigenvalue weighted by Gasteiger charge is 2.40. The first-order valence-corrected chi connectivity index (χ1v) is 8.24. The zero-order valence-electron chi connectivity index (χ0n) is 12.0. The number of nitrogens with one attached hydrogen (secondary N) is 1. The van der Waals surface area contributed by atoms with Gasteiger partial charge in [-0.05, 0) is 61.6 Å². The normalized spacial score (nSPS) is 29.9. The second-order valence-electron chi connectivity index (χ2n) is 6.42. The molecule has 2 saturated carbocycles. The van der Waals surface area contributed by atoms with Crippen LogP contribution in [0.4, 0.5) is 4.39 Å². The Morgan fingerprint density at radius 3 is 2.85 bits per heavy atom. The summed E-state index contributed by atoms with van der Waals surface area (Å²) in [4.78, 5) is 0. The molecule has 4 atom stereocenters. The Morgan fingerprint density at radius 2 is 2.20 bits per heavy atom. The Kier molecular flexibility index (Phi) is 4.32. The Bertz CT molecular complexity index is 476. The van der Waals surface area contributed by atoms with Gasteiger partial charge in [0.1, 0.15) is 5.82 Å². The molecular formula is C17H23ClFN. The highest BCUT2D eigenvalue weighted by Crippen LogP contribution is 2.51. The molecule has 4 unspecified atom stereocenters. The first-order chi connectivity index (χ1) is 9.69. The maximum Gasteiger partial charge on any atom is 0.142 e. The van der Waals surface area contributed by atoms with E-state index in [0.717, 1.165) is 36.3 Å². The zero-order chi connectivity index (χ0) is 14.1. The lowest BCUT2D eigenvalue weighted by molar-refractivity contribution is 0.280. The predicted octanol–water partition coefficient (Wildman–Crippen LogP) is 4.96. The molecule has 0 spiro atoms. The van der Waals surface area contributed by atoms with Crippen molar-refractivity contribution in [3.05, 3.63) is 34.6 Å². The van der Waals surface area contributed by atoms with Crippen molar-refractivity contribution in [1.29, 1.82) is 0 Å². The quantitative estimate of drug-likeness (QED) is 0.810. The monoisotopic (exact) mass is 295 g/mol. The lowest BCUT2D eigenvalue weighted by Crippen LogP contribution is -2.25. The van der Waals surface area contributed by atoms with Crippen molar-refractivity contribution < 1.29 is 4.39 Å². The highest BCUT2D eigenvalue weighted by molar-refractivity contribution is 6.31. The minimum Gasteiger partial charge on any atom is -0.310 e. The lowest BCUT2D eigenvalue weighted by atomic mass is 9.82. The fraction of sp³-hybridized carbons (Fsp3) is 0.647. The van der Waals surface area contributed by atoms with Crippen LogP contribution in [0.15, 0.2) is 18.2 Å². The van der Waals surface area contributed by atoms with Crippen molar-refractivity contribution >= 4 is 11.6 Å². The Balaban J connectivity index is 1.77.